The number of imidazole rings is 2. The van der Waals surface area contributed by atoms with Gasteiger partial charge < -0.3 is 18.6 Å². The molecule has 0 aliphatic rings. The Kier molecular flexibility index (Phi) is 8.06. The second kappa shape index (κ2) is 12.2. The molecule has 3 aromatic carbocycles. The van der Waals surface area contributed by atoms with E-state index in [9.17, 15) is 0 Å². The number of aryl methyl sites for hydroxylation is 2. The fourth-order valence-corrected chi connectivity index (χ4v) is 5.21. The zero-order chi connectivity index (χ0) is 29.9. The van der Waals surface area contributed by atoms with Crippen LogP contribution in [0.2, 0.25) is 0 Å². The molecule has 43 heavy (non-hydrogen) atoms. The minimum atomic E-state index is 0.143. The molecule has 0 aliphatic heterocycles. The summed E-state index contributed by atoms with van der Waals surface area (Å²) in [5, 5.41) is 0. The van der Waals surface area contributed by atoms with Crippen LogP contribution in [-0.4, -0.2) is 36.8 Å². The first kappa shape index (κ1) is 28.4. The number of para-hydroxylation sites is 4. The van der Waals surface area contributed by atoms with Gasteiger partial charge in [-0.1, -0.05) is 42.2 Å². The van der Waals surface area contributed by atoms with Crippen molar-refractivity contribution in [2.75, 3.05) is 6.61 Å². The van der Waals surface area contributed by atoms with Crippen molar-refractivity contribution < 1.29 is 9.47 Å². The van der Waals surface area contributed by atoms with Gasteiger partial charge in [-0.25, -0.2) is 15.0 Å². The second-order valence-corrected chi connectivity index (χ2v) is 10.9. The maximum atomic E-state index is 5.89. The summed E-state index contributed by atoms with van der Waals surface area (Å²) in [7, 11) is 4.04. The van der Waals surface area contributed by atoms with Crippen molar-refractivity contribution in [3.8, 4) is 34.9 Å². The molecule has 6 aromatic rings. The number of aromatic nitrogens is 5. The van der Waals surface area contributed by atoms with Gasteiger partial charge in [-0.05, 0) is 80.4 Å². The average molecular weight is 570 g/mol. The van der Waals surface area contributed by atoms with E-state index in [2.05, 4.69) is 51.3 Å². The summed E-state index contributed by atoms with van der Waals surface area (Å²) >= 11 is 0. The molecule has 0 fully saturated rings. The van der Waals surface area contributed by atoms with E-state index < -0.39 is 0 Å². The number of pyridine rings is 1. The predicted octanol–water partition coefficient (Wildman–Crippen LogP) is 7.05. The van der Waals surface area contributed by atoms with Gasteiger partial charge in [0.1, 0.15) is 11.4 Å². The Morgan fingerprint density at radius 1 is 0.674 bits per heavy atom. The van der Waals surface area contributed by atoms with Gasteiger partial charge in [0, 0.05) is 31.8 Å². The van der Waals surface area contributed by atoms with E-state index in [0.717, 1.165) is 67.4 Å². The molecule has 0 unspecified atom stereocenters. The highest BCUT2D eigenvalue weighted by Crippen LogP contribution is 2.28. The van der Waals surface area contributed by atoms with Crippen molar-refractivity contribution in [3.63, 3.8) is 0 Å². The second-order valence-electron chi connectivity index (χ2n) is 10.9. The summed E-state index contributed by atoms with van der Waals surface area (Å²) in [6.07, 6.45) is 0.143. The lowest BCUT2D eigenvalue weighted by atomic mass is 10.1. The molecule has 0 radical (unpaired) electrons. The van der Waals surface area contributed by atoms with Gasteiger partial charge in [-0.2, -0.15) is 0 Å². The number of rotatable bonds is 8. The molecule has 6 rings (SSSR count). The van der Waals surface area contributed by atoms with Gasteiger partial charge in [0.15, 0.2) is 11.6 Å². The molecule has 7 heteroatoms. The third-order valence-corrected chi connectivity index (χ3v) is 7.32. The normalized spacial score (nSPS) is 11.4. The van der Waals surface area contributed by atoms with Crippen molar-refractivity contribution >= 4 is 22.1 Å². The number of ether oxygens (including phenoxy) is 2. The molecule has 0 bridgehead atoms. The van der Waals surface area contributed by atoms with Crippen LogP contribution in [0.1, 0.15) is 43.0 Å². The van der Waals surface area contributed by atoms with Crippen LogP contribution in [0.4, 0.5) is 0 Å². The molecule has 216 valence electrons. The van der Waals surface area contributed by atoms with Crippen LogP contribution in [-0.2, 0) is 36.8 Å². The van der Waals surface area contributed by atoms with Gasteiger partial charge in [0.25, 0.3) is 0 Å². The topological polar surface area (TPSA) is 67.0 Å². The van der Waals surface area contributed by atoms with Crippen molar-refractivity contribution in [3.05, 3.63) is 101 Å². The third-order valence-electron chi connectivity index (χ3n) is 7.32. The molecule has 0 atom stereocenters. The first-order valence-corrected chi connectivity index (χ1v) is 14.6. The Bertz CT molecular complexity index is 1890. The van der Waals surface area contributed by atoms with Crippen LogP contribution in [0.5, 0.6) is 0 Å². The van der Waals surface area contributed by atoms with Crippen molar-refractivity contribution in [2.45, 2.75) is 40.1 Å². The molecular weight excluding hydrogens is 534 g/mol. The monoisotopic (exact) mass is 569 g/mol. The fourth-order valence-electron chi connectivity index (χ4n) is 5.21. The first-order valence-electron chi connectivity index (χ1n) is 14.6. The predicted molar refractivity (Wildman–Crippen MR) is 171 cm³/mol. The summed E-state index contributed by atoms with van der Waals surface area (Å²) in [5.74, 6) is 8.37. The number of benzene rings is 3. The summed E-state index contributed by atoms with van der Waals surface area (Å²) in [4.78, 5) is 14.9. The van der Waals surface area contributed by atoms with E-state index in [1.54, 1.807) is 0 Å². The SMILES string of the molecule is CCOCc1cc(C#Cc2cc(-c3nc4ccccc4n3C)nc(-c3nc4ccccc4n3C)c2)cc(COC(C)C)c1. The van der Waals surface area contributed by atoms with Crippen LogP contribution >= 0.6 is 0 Å². The summed E-state index contributed by atoms with van der Waals surface area (Å²) in [6, 6.07) is 26.5. The maximum absolute atomic E-state index is 5.89. The van der Waals surface area contributed by atoms with Crippen molar-refractivity contribution in [2.24, 2.45) is 14.1 Å². The molecule has 0 aliphatic carbocycles. The van der Waals surface area contributed by atoms with Gasteiger partial charge in [0.05, 0.1) is 41.4 Å². The van der Waals surface area contributed by atoms with Crippen LogP contribution in [0.15, 0.2) is 78.9 Å². The lowest BCUT2D eigenvalue weighted by molar-refractivity contribution is 0.0655. The number of fused-ring (bicyclic) bond motifs is 2. The van der Waals surface area contributed by atoms with Crippen LogP contribution in [0.25, 0.3) is 45.1 Å². The van der Waals surface area contributed by atoms with E-state index in [-0.39, 0.29) is 6.10 Å². The maximum Gasteiger partial charge on any atom is 0.159 e. The van der Waals surface area contributed by atoms with Crippen LogP contribution in [0.3, 0.4) is 0 Å². The lowest BCUT2D eigenvalue weighted by Gasteiger charge is -2.10. The Hall–Kier alpha value is -4.77. The summed E-state index contributed by atoms with van der Waals surface area (Å²) in [5.41, 5.74) is 9.29. The van der Waals surface area contributed by atoms with Gasteiger partial charge in [0.2, 0.25) is 0 Å². The number of hydrogen-bond donors (Lipinski definition) is 0. The average Bonchev–Trinajstić information content (AvgIpc) is 3.54. The van der Waals surface area contributed by atoms with Crippen molar-refractivity contribution in [1.82, 2.24) is 24.1 Å². The molecule has 3 aromatic heterocycles. The highest BCUT2D eigenvalue weighted by atomic mass is 16.5. The van der Waals surface area contributed by atoms with E-state index >= 15 is 0 Å². The van der Waals surface area contributed by atoms with E-state index in [1.807, 2.05) is 83.4 Å². The van der Waals surface area contributed by atoms with Crippen LogP contribution < -0.4 is 0 Å². The molecule has 0 saturated heterocycles. The smallest absolute Gasteiger partial charge is 0.159 e. The largest absolute Gasteiger partial charge is 0.377 e. The Labute approximate surface area is 252 Å². The molecule has 0 amide bonds. The Morgan fingerprint density at radius 2 is 1.19 bits per heavy atom. The van der Waals surface area contributed by atoms with E-state index in [4.69, 9.17) is 24.4 Å². The minimum Gasteiger partial charge on any atom is -0.377 e. The zero-order valence-corrected chi connectivity index (χ0v) is 25.3. The number of hydrogen-bond acceptors (Lipinski definition) is 5. The summed E-state index contributed by atoms with van der Waals surface area (Å²) in [6.45, 7) is 7.79. The standard InChI is InChI=1S/C36H35N5O2/c1-6-42-22-27-17-25(18-28(19-27)23-43-24(2)3)15-16-26-20-31(35-38-29-11-7-9-13-33(29)40(35)4)37-32(21-26)36-39-30-12-8-10-14-34(30)41(36)5/h7-14,17-21,24H,6,22-23H2,1-5H3. The van der Waals surface area contributed by atoms with Gasteiger partial charge >= 0.3 is 0 Å². The summed E-state index contributed by atoms with van der Waals surface area (Å²) < 4.78 is 15.7. The van der Waals surface area contributed by atoms with Crippen molar-refractivity contribution in [1.29, 1.82) is 0 Å². The molecule has 3 heterocycles. The highest BCUT2D eigenvalue weighted by Gasteiger charge is 2.17. The van der Waals surface area contributed by atoms with E-state index in [0.29, 0.717) is 19.8 Å². The van der Waals surface area contributed by atoms with Crippen LogP contribution in [0, 0.1) is 11.8 Å². The lowest BCUT2D eigenvalue weighted by Crippen LogP contribution is -2.03. The molecule has 7 nitrogen and oxygen atoms in total. The molecule has 0 spiro atoms. The number of nitrogens with zero attached hydrogens (tertiary/aromatic N) is 5. The third kappa shape index (κ3) is 6.07. The molecule has 0 N–H and O–H groups in total. The Balaban J connectivity index is 1.47. The minimum absolute atomic E-state index is 0.143. The molecular formula is C36H35N5O2. The fraction of sp³-hybridized carbons (Fsp3) is 0.250. The zero-order valence-electron chi connectivity index (χ0n) is 25.3. The highest BCUT2D eigenvalue weighted by molar-refractivity contribution is 5.82. The quantitative estimate of drug-likeness (QED) is 0.184. The Morgan fingerprint density at radius 3 is 1.70 bits per heavy atom. The van der Waals surface area contributed by atoms with Gasteiger partial charge in [-0.3, -0.25) is 0 Å². The van der Waals surface area contributed by atoms with E-state index in [1.165, 1.54) is 0 Å². The van der Waals surface area contributed by atoms with Gasteiger partial charge in [-0.15, -0.1) is 0 Å². The molecule has 0 saturated carbocycles. The first-order chi connectivity index (χ1) is 20.9.